The third kappa shape index (κ3) is 1.44. The summed E-state index contributed by atoms with van der Waals surface area (Å²) in [5.41, 5.74) is 0.464. The van der Waals surface area contributed by atoms with E-state index in [0.717, 1.165) is 21.9 Å². The Morgan fingerprint density at radius 1 is 0.810 bits per heavy atom. The standard InChI is InChI=1S/C18H12O3/c19-17(20)18(21)15-8-4-3-7-13(15)14-9-11-5-1-2-6-12(11)10-16(14)18/h1-10,21H,(H,19,20). The van der Waals surface area contributed by atoms with E-state index in [2.05, 4.69) is 0 Å². The van der Waals surface area contributed by atoms with Crippen LogP contribution in [0.15, 0.2) is 60.7 Å². The Bertz CT molecular complexity index is 898. The minimum atomic E-state index is -1.98. The van der Waals surface area contributed by atoms with E-state index in [1.807, 2.05) is 42.5 Å². The van der Waals surface area contributed by atoms with Gasteiger partial charge in [-0.1, -0.05) is 48.5 Å². The molecule has 3 aromatic carbocycles. The van der Waals surface area contributed by atoms with Gasteiger partial charge in [0.25, 0.3) is 0 Å². The molecule has 0 radical (unpaired) electrons. The second-order valence-electron chi connectivity index (χ2n) is 5.31. The summed E-state index contributed by atoms with van der Waals surface area (Å²) in [5.74, 6) is -1.25. The van der Waals surface area contributed by atoms with Gasteiger partial charge in [-0.2, -0.15) is 0 Å². The summed E-state index contributed by atoms with van der Waals surface area (Å²) >= 11 is 0. The Morgan fingerprint density at radius 3 is 2.14 bits per heavy atom. The van der Waals surface area contributed by atoms with Crippen LogP contribution in [0.1, 0.15) is 11.1 Å². The molecule has 0 aromatic heterocycles. The number of rotatable bonds is 1. The molecular formula is C18H12O3. The fourth-order valence-corrected chi connectivity index (χ4v) is 3.17. The molecule has 4 rings (SSSR count). The van der Waals surface area contributed by atoms with Crippen molar-refractivity contribution in [3.05, 3.63) is 71.8 Å². The first-order chi connectivity index (χ1) is 10.1. The zero-order valence-electron chi connectivity index (χ0n) is 11.1. The quantitative estimate of drug-likeness (QED) is 0.718. The van der Waals surface area contributed by atoms with E-state index in [9.17, 15) is 15.0 Å². The van der Waals surface area contributed by atoms with Gasteiger partial charge in [0.05, 0.1) is 0 Å². The van der Waals surface area contributed by atoms with Gasteiger partial charge >= 0.3 is 5.97 Å². The highest BCUT2D eigenvalue weighted by Gasteiger charge is 2.48. The normalized spacial score (nSPS) is 19.3. The van der Waals surface area contributed by atoms with Crippen molar-refractivity contribution in [2.24, 2.45) is 0 Å². The Kier molecular flexibility index (Phi) is 2.27. The SMILES string of the molecule is O=C(O)C1(O)c2ccccc2-c2cc3ccccc3cc21. The maximum absolute atomic E-state index is 11.7. The summed E-state index contributed by atoms with van der Waals surface area (Å²) in [5, 5.41) is 22.4. The average Bonchev–Trinajstić information content (AvgIpc) is 2.76. The molecule has 3 heteroatoms. The molecule has 0 saturated heterocycles. The number of aliphatic carboxylic acids is 1. The highest BCUT2D eigenvalue weighted by Crippen LogP contribution is 2.48. The van der Waals surface area contributed by atoms with Gasteiger partial charge in [-0.3, -0.25) is 0 Å². The Labute approximate surface area is 121 Å². The predicted molar refractivity (Wildman–Crippen MR) is 80.0 cm³/mol. The molecule has 0 amide bonds. The van der Waals surface area contributed by atoms with Crippen LogP contribution in [0.5, 0.6) is 0 Å². The van der Waals surface area contributed by atoms with Gasteiger partial charge < -0.3 is 10.2 Å². The lowest BCUT2D eigenvalue weighted by Gasteiger charge is -2.20. The molecule has 1 atom stereocenters. The number of hydrogen-bond donors (Lipinski definition) is 2. The predicted octanol–water partition coefficient (Wildman–Crippen LogP) is 3.14. The van der Waals surface area contributed by atoms with E-state index in [1.54, 1.807) is 18.2 Å². The minimum absolute atomic E-state index is 0.433. The van der Waals surface area contributed by atoms with Crippen LogP contribution in [0.25, 0.3) is 21.9 Å². The van der Waals surface area contributed by atoms with Gasteiger partial charge in [0, 0.05) is 11.1 Å². The van der Waals surface area contributed by atoms with Crippen molar-refractivity contribution in [2.75, 3.05) is 0 Å². The molecule has 0 heterocycles. The van der Waals surface area contributed by atoms with Crippen LogP contribution in [0.2, 0.25) is 0 Å². The zero-order valence-corrected chi connectivity index (χ0v) is 11.1. The summed E-state index contributed by atoms with van der Waals surface area (Å²) < 4.78 is 0. The van der Waals surface area contributed by atoms with Crippen molar-refractivity contribution in [1.29, 1.82) is 0 Å². The first-order valence-corrected chi connectivity index (χ1v) is 6.71. The summed E-state index contributed by atoms with van der Waals surface area (Å²) in [6, 6.07) is 18.6. The maximum atomic E-state index is 11.7. The second-order valence-corrected chi connectivity index (χ2v) is 5.31. The number of hydrogen-bond acceptors (Lipinski definition) is 2. The fourth-order valence-electron chi connectivity index (χ4n) is 3.17. The number of carboxylic acid groups (broad SMARTS) is 1. The van der Waals surface area contributed by atoms with E-state index in [1.165, 1.54) is 0 Å². The molecule has 3 aromatic rings. The summed E-state index contributed by atoms with van der Waals surface area (Å²) in [6.45, 7) is 0. The van der Waals surface area contributed by atoms with Gasteiger partial charge in [0.15, 0.2) is 0 Å². The van der Waals surface area contributed by atoms with Crippen molar-refractivity contribution in [1.82, 2.24) is 0 Å². The van der Waals surface area contributed by atoms with Gasteiger partial charge in [0.2, 0.25) is 5.60 Å². The van der Waals surface area contributed by atoms with Gasteiger partial charge in [-0.15, -0.1) is 0 Å². The Hall–Kier alpha value is -2.65. The van der Waals surface area contributed by atoms with Crippen LogP contribution < -0.4 is 0 Å². The smallest absolute Gasteiger partial charge is 0.345 e. The van der Waals surface area contributed by atoms with E-state index in [-0.39, 0.29) is 0 Å². The van der Waals surface area contributed by atoms with Crippen LogP contribution in [-0.4, -0.2) is 16.2 Å². The van der Waals surface area contributed by atoms with Gasteiger partial charge in [-0.05, 0) is 34.0 Å². The monoisotopic (exact) mass is 276 g/mol. The molecule has 1 unspecified atom stereocenters. The molecule has 21 heavy (non-hydrogen) atoms. The summed E-state index contributed by atoms with van der Waals surface area (Å²) in [7, 11) is 0. The molecule has 1 aliphatic carbocycles. The van der Waals surface area contributed by atoms with Crippen LogP contribution in [0.4, 0.5) is 0 Å². The van der Waals surface area contributed by atoms with Crippen molar-refractivity contribution in [2.45, 2.75) is 5.60 Å². The van der Waals surface area contributed by atoms with Crippen LogP contribution in [-0.2, 0) is 10.4 Å². The number of carbonyl (C=O) groups is 1. The van der Waals surface area contributed by atoms with E-state index < -0.39 is 11.6 Å². The highest BCUT2D eigenvalue weighted by atomic mass is 16.4. The third-order valence-electron chi connectivity index (χ3n) is 4.19. The van der Waals surface area contributed by atoms with Crippen LogP contribution >= 0.6 is 0 Å². The lowest BCUT2D eigenvalue weighted by Crippen LogP contribution is -2.34. The number of fused-ring (bicyclic) bond motifs is 4. The van der Waals surface area contributed by atoms with E-state index >= 15 is 0 Å². The van der Waals surface area contributed by atoms with Crippen LogP contribution in [0, 0.1) is 0 Å². The number of carboxylic acids is 1. The lowest BCUT2D eigenvalue weighted by molar-refractivity contribution is -0.154. The lowest BCUT2D eigenvalue weighted by atomic mass is 9.90. The molecular weight excluding hydrogens is 264 g/mol. The number of benzene rings is 3. The zero-order chi connectivity index (χ0) is 14.6. The largest absolute Gasteiger partial charge is 0.479 e. The van der Waals surface area contributed by atoms with Crippen molar-refractivity contribution >= 4 is 16.7 Å². The molecule has 0 spiro atoms. The van der Waals surface area contributed by atoms with Crippen molar-refractivity contribution < 1.29 is 15.0 Å². The van der Waals surface area contributed by atoms with Gasteiger partial charge in [-0.25, -0.2) is 4.79 Å². The molecule has 3 nitrogen and oxygen atoms in total. The minimum Gasteiger partial charge on any atom is -0.479 e. The molecule has 0 aliphatic heterocycles. The topological polar surface area (TPSA) is 57.5 Å². The first-order valence-electron chi connectivity index (χ1n) is 6.71. The molecule has 102 valence electrons. The highest BCUT2D eigenvalue weighted by molar-refractivity contribution is 6.00. The summed E-state index contributed by atoms with van der Waals surface area (Å²) in [4.78, 5) is 11.7. The summed E-state index contributed by atoms with van der Waals surface area (Å²) in [6.07, 6.45) is 0. The van der Waals surface area contributed by atoms with Crippen molar-refractivity contribution in [3.63, 3.8) is 0 Å². The van der Waals surface area contributed by atoms with Crippen molar-refractivity contribution in [3.8, 4) is 11.1 Å². The van der Waals surface area contributed by atoms with Crippen LogP contribution in [0.3, 0.4) is 0 Å². The Balaban J connectivity index is 2.16. The maximum Gasteiger partial charge on any atom is 0.345 e. The van der Waals surface area contributed by atoms with Gasteiger partial charge in [0.1, 0.15) is 0 Å². The molecule has 0 saturated carbocycles. The Morgan fingerprint density at radius 2 is 1.43 bits per heavy atom. The number of aliphatic hydroxyl groups is 1. The molecule has 2 N–H and O–H groups in total. The molecule has 1 aliphatic rings. The van der Waals surface area contributed by atoms with E-state index in [0.29, 0.717) is 11.1 Å². The van der Waals surface area contributed by atoms with E-state index in [4.69, 9.17) is 0 Å². The molecule has 0 fully saturated rings. The molecule has 0 bridgehead atoms. The first kappa shape index (κ1) is 12.1. The second kappa shape index (κ2) is 3.93. The fraction of sp³-hybridized carbons (Fsp3) is 0.0556. The third-order valence-corrected chi connectivity index (χ3v) is 4.19. The average molecular weight is 276 g/mol.